The predicted molar refractivity (Wildman–Crippen MR) is 123 cm³/mol. The average Bonchev–Trinajstić information content (AvgIpc) is 3.19. The van der Waals surface area contributed by atoms with Crippen molar-refractivity contribution in [1.29, 1.82) is 0 Å². The number of imidazole rings is 1. The second kappa shape index (κ2) is 7.75. The van der Waals surface area contributed by atoms with Gasteiger partial charge in [0.25, 0.3) is 0 Å². The second-order valence-corrected chi connectivity index (χ2v) is 7.44. The molecule has 0 atom stereocenters. The van der Waals surface area contributed by atoms with Gasteiger partial charge in [-0.15, -0.1) is 0 Å². The Morgan fingerprint density at radius 1 is 1.00 bits per heavy atom. The number of nitrogens with two attached hydrogens (primary N) is 1. The number of aliphatic hydroxyl groups is 1. The molecule has 0 spiro atoms. The van der Waals surface area contributed by atoms with Gasteiger partial charge in [0, 0.05) is 36.8 Å². The topological polar surface area (TPSA) is 112 Å². The summed E-state index contributed by atoms with van der Waals surface area (Å²) in [5.41, 5.74) is 11.3. The third-order valence-corrected chi connectivity index (χ3v) is 5.34. The summed E-state index contributed by atoms with van der Waals surface area (Å²) in [6.45, 7) is -0.0392. The molecule has 158 valence electrons. The monoisotopic (exact) mass is 424 g/mol. The molecule has 0 aliphatic heterocycles. The maximum absolute atomic E-state index is 11.8. The predicted octanol–water partition coefficient (Wildman–Crippen LogP) is 2.92. The van der Waals surface area contributed by atoms with Crippen LogP contribution in [0.4, 0.5) is 5.82 Å². The zero-order valence-corrected chi connectivity index (χ0v) is 17.3. The van der Waals surface area contributed by atoms with Crippen LogP contribution < -0.4 is 11.3 Å². The lowest BCUT2D eigenvalue weighted by molar-refractivity contribution is 0.282. The van der Waals surface area contributed by atoms with Crippen molar-refractivity contribution >= 4 is 17.0 Å². The highest BCUT2D eigenvalue weighted by molar-refractivity contribution is 5.84. The molecule has 4 heterocycles. The molecule has 0 amide bonds. The fourth-order valence-electron chi connectivity index (χ4n) is 3.65. The van der Waals surface area contributed by atoms with Crippen molar-refractivity contribution in [2.24, 2.45) is 7.05 Å². The molecule has 0 aliphatic carbocycles. The van der Waals surface area contributed by atoms with Gasteiger partial charge in [-0.25, -0.2) is 15.0 Å². The minimum Gasteiger partial charge on any atom is -0.392 e. The summed E-state index contributed by atoms with van der Waals surface area (Å²) in [6, 6.07) is 18.3. The lowest BCUT2D eigenvalue weighted by Crippen LogP contribution is -2.14. The zero-order valence-electron chi connectivity index (χ0n) is 17.3. The number of aromatic nitrogens is 5. The standard InChI is InChI=1S/C24H20N6O2/c1-29-13-16(6-11-21(29)32)19-9-10-20-24(27-19)30(17-7-4-15(14-31)5-8-17)23(28-20)18-3-2-12-26-22(18)25/h2-13,31H,14H2,1H3,(H2,25,26). The smallest absolute Gasteiger partial charge is 0.250 e. The van der Waals surface area contributed by atoms with E-state index in [0.29, 0.717) is 34.1 Å². The van der Waals surface area contributed by atoms with Gasteiger partial charge in [-0.3, -0.25) is 9.36 Å². The van der Waals surface area contributed by atoms with Crippen LogP contribution in [0.5, 0.6) is 0 Å². The van der Waals surface area contributed by atoms with Gasteiger partial charge in [0.05, 0.1) is 17.9 Å². The summed E-state index contributed by atoms with van der Waals surface area (Å²) >= 11 is 0. The number of anilines is 1. The summed E-state index contributed by atoms with van der Waals surface area (Å²) in [5, 5.41) is 9.42. The van der Waals surface area contributed by atoms with Crippen molar-refractivity contribution in [2.75, 3.05) is 5.73 Å². The number of nitrogen functional groups attached to an aromatic ring is 1. The van der Waals surface area contributed by atoms with Crippen LogP contribution >= 0.6 is 0 Å². The Bertz CT molecular complexity index is 1500. The molecule has 0 unspecified atom stereocenters. The molecule has 4 aromatic heterocycles. The molecule has 3 N–H and O–H groups in total. The van der Waals surface area contributed by atoms with Crippen LogP contribution in [0.2, 0.25) is 0 Å². The second-order valence-electron chi connectivity index (χ2n) is 7.44. The van der Waals surface area contributed by atoms with Gasteiger partial charge in [-0.2, -0.15) is 0 Å². The fourth-order valence-corrected chi connectivity index (χ4v) is 3.65. The van der Waals surface area contributed by atoms with Crippen LogP contribution in [0, 0.1) is 0 Å². The number of hydrogen-bond donors (Lipinski definition) is 2. The maximum Gasteiger partial charge on any atom is 0.250 e. The van der Waals surface area contributed by atoms with E-state index >= 15 is 0 Å². The minimum absolute atomic E-state index is 0.0392. The number of aliphatic hydroxyl groups excluding tert-OH is 1. The van der Waals surface area contributed by atoms with E-state index in [0.717, 1.165) is 16.8 Å². The first-order valence-corrected chi connectivity index (χ1v) is 10.0. The summed E-state index contributed by atoms with van der Waals surface area (Å²) < 4.78 is 3.45. The molecule has 0 radical (unpaired) electrons. The Hall–Kier alpha value is -4.30. The number of benzene rings is 1. The minimum atomic E-state index is -0.0850. The molecule has 0 saturated carbocycles. The molecule has 8 heteroatoms. The first-order valence-electron chi connectivity index (χ1n) is 10.0. The Morgan fingerprint density at radius 2 is 1.81 bits per heavy atom. The van der Waals surface area contributed by atoms with Crippen molar-refractivity contribution in [2.45, 2.75) is 6.61 Å². The molecule has 5 aromatic rings. The van der Waals surface area contributed by atoms with Gasteiger partial charge in [0.2, 0.25) is 5.56 Å². The number of pyridine rings is 3. The van der Waals surface area contributed by atoms with Gasteiger partial charge in [0.15, 0.2) is 11.5 Å². The first kappa shape index (κ1) is 19.7. The first-order chi connectivity index (χ1) is 15.5. The zero-order chi connectivity index (χ0) is 22.2. The van der Waals surface area contributed by atoms with Crippen LogP contribution in [-0.4, -0.2) is 29.2 Å². The number of rotatable bonds is 4. The molecule has 0 bridgehead atoms. The van der Waals surface area contributed by atoms with Crippen LogP contribution in [0.15, 0.2) is 77.9 Å². The lowest BCUT2D eigenvalue weighted by atomic mass is 10.2. The van der Waals surface area contributed by atoms with Crippen molar-refractivity contribution in [3.63, 3.8) is 0 Å². The Balaban J connectivity index is 1.78. The highest BCUT2D eigenvalue weighted by Crippen LogP contribution is 2.31. The van der Waals surface area contributed by atoms with Gasteiger partial charge in [-0.1, -0.05) is 12.1 Å². The van der Waals surface area contributed by atoms with Crippen molar-refractivity contribution in [1.82, 2.24) is 24.1 Å². The highest BCUT2D eigenvalue weighted by atomic mass is 16.3. The molecular weight excluding hydrogens is 404 g/mol. The van der Waals surface area contributed by atoms with E-state index < -0.39 is 0 Å². The summed E-state index contributed by atoms with van der Waals surface area (Å²) in [6.07, 6.45) is 3.39. The van der Waals surface area contributed by atoms with E-state index in [1.54, 1.807) is 25.5 Å². The summed E-state index contributed by atoms with van der Waals surface area (Å²) in [4.78, 5) is 25.7. The number of fused-ring (bicyclic) bond motifs is 1. The maximum atomic E-state index is 11.8. The van der Waals surface area contributed by atoms with Crippen molar-refractivity contribution in [3.8, 4) is 28.3 Å². The van der Waals surface area contributed by atoms with Crippen molar-refractivity contribution < 1.29 is 5.11 Å². The van der Waals surface area contributed by atoms with Crippen LogP contribution in [0.25, 0.3) is 39.5 Å². The molecule has 5 rings (SSSR count). The number of nitrogens with zero attached hydrogens (tertiary/aromatic N) is 5. The normalized spacial score (nSPS) is 11.2. The molecule has 0 aliphatic rings. The van der Waals surface area contributed by atoms with E-state index in [4.69, 9.17) is 15.7 Å². The summed E-state index contributed by atoms with van der Waals surface area (Å²) in [7, 11) is 1.71. The molecule has 8 nitrogen and oxygen atoms in total. The van der Waals surface area contributed by atoms with Gasteiger partial charge >= 0.3 is 0 Å². The third kappa shape index (κ3) is 3.32. The quantitative estimate of drug-likeness (QED) is 0.459. The Morgan fingerprint density at radius 3 is 2.53 bits per heavy atom. The van der Waals surface area contributed by atoms with E-state index in [2.05, 4.69) is 4.98 Å². The van der Waals surface area contributed by atoms with Crippen LogP contribution in [-0.2, 0) is 13.7 Å². The SMILES string of the molecule is Cn1cc(-c2ccc3nc(-c4cccnc4N)n(-c4ccc(CO)cc4)c3n2)ccc1=O. The number of hydrogen-bond acceptors (Lipinski definition) is 6. The van der Waals surface area contributed by atoms with E-state index in [1.165, 1.54) is 10.6 Å². The Labute approximate surface area is 183 Å². The third-order valence-electron chi connectivity index (χ3n) is 5.34. The highest BCUT2D eigenvalue weighted by Gasteiger charge is 2.18. The largest absolute Gasteiger partial charge is 0.392 e. The van der Waals surface area contributed by atoms with Crippen LogP contribution in [0.1, 0.15) is 5.56 Å². The summed E-state index contributed by atoms with van der Waals surface area (Å²) in [5.74, 6) is 0.988. The van der Waals surface area contributed by atoms with E-state index in [9.17, 15) is 9.90 Å². The molecule has 1 aromatic carbocycles. The molecular formula is C24H20N6O2. The van der Waals surface area contributed by atoms with E-state index in [1.807, 2.05) is 53.1 Å². The number of aryl methyl sites for hydroxylation is 1. The van der Waals surface area contributed by atoms with E-state index in [-0.39, 0.29) is 12.2 Å². The molecule has 0 fully saturated rings. The lowest BCUT2D eigenvalue weighted by Gasteiger charge is -2.11. The van der Waals surface area contributed by atoms with Crippen molar-refractivity contribution in [3.05, 3.63) is 89.0 Å². The fraction of sp³-hybridized carbons (Fsp3) is 0.0833. The molecule has 32 heavy (non-hydrogen) atoms. The van der Waals surface area contributed by atoms with Crippen LogP contribution in [0.3, 0.4) is 0 Å². The molecule has 0 saturated heterocycles. The van der Waals surface area contributed by atoms with Gasteiger partial charge in [-0.05, 0) is 48.0 Å². The Kier molecular flexibility index (Phi) is 4.76. The average molecular weight is 424 g/mol. The van der Waals surface area contributed by atoms with Gasteiger partial charge in [0.1, 0.15) is 11.3 Å². The van der Waals surface area contributed by atoms with Gasteiger partial charge < -0.3 is 15.4 Å².